The molecule has 0 spiro atoms. The van der Waals surface area contributed by atoms with E-state index in [9.17, 15) is 10.2 Å². The summed E-state index contributed by atoms with van der Waals surface area (Å²) in [7, 11) is 0. The molecular weight excluding hydrogens is 128 g/mol. The summed E-state index contributed by atoms with van der Waals surface area (Å²) in [4.78, 5) is 0. The molecule has 10 heavy (non-hydrogen) atoms. The van der Waals surface area contributed by atoms with Gasteiger partial charge in [0.1, 0.15) is 0 Å². The maximum absolute atomic E-state index is 9.41. The highest BCUT2D eigenvalue weighted by Crippen LogP contribution is 2.41. The van der Waals surface area contributed by atoms with Crippen LogP contribution in [0.3, 0.4) is 0 Å². The minimum Gasteiger partial charge on any atom is -0.393 e. The molecule has 0 saturated heterocycles. The minimum absolute atomic E-state index is 0.199. The van der Waals surface area contributed by atoms with E-state index in [4.69, 9.17) is 0 Å². The van der Waals surface area contributed by atoms with E-state index in [1.165, 1.54) is 6.42 Å². The van der Waals surface area contributed by atoms with Gasteiger partial charge in [0, 0.05) is 5.92 Å². The normalized spacial score (nSPS) is 53.4. The molecule has 3 fully saturated rings. The van der Waals surface area contributed by atoms with Crippen molar-refractivity contribution in [3.63, 3.8) is 0 Å². The lowest BCUT2D eigenvalue weighted by molar-refractivity contribution is -0.0804. The van der Waals surface area contributed by atoms with Crippen molar-refractivity contribution in [1.82, 2.24) is 0 Å². The summed E-state index contributed by atoms with van der Waals surface area (Å²) >= 11 is 0. The molecule has 2 heteroatoms. The lowest BCUT2D eigenvalue weighted by Gasteiger charge is -2.43. The smallest absolute Gasteiger partial charge is 0.0595 e. The average molecular weight is 142 g/mol. The largest absolute Gasteiger partial charge is 0.393 e. The monoisotopic (exact) mass is 142 g/mol. The molecule has 2 atom stereocenters. The highest BCUT2D eigenvalue weighted by atomic mass is 16.3. The molecule has 58 valence electrons. The van der Waals surface area contributed by atoms with Gasteiger partial charge in [-0.05, 0) is 31.6 Å². The van der Waals surface area contributed by atoms with Crippen LogP contribution in [0.15, 0.2) is 0 Å². The van der Waals surface area contributed by atoms with Crippen LogP contribution in [0.5, 0.6) is 0 Å². The summed E-state index contributed by atoms with van der Waals surface area (Å²) in [5, 5.41) is 18.8. The van der Waals surface area contributed by atoms with Crippen LogP contribution in [0, 0.1) is 11.8 Å². The zero-order valence-corrected chi connectivity index (χ0v) is 6.03. The number of aliphatic hydroxyl groups excluding tert-OH is 2. The zero-order valence-electron chi connectivity index (χ0n) is 6.03. The van der Waals surface area contributed by atoms with Crippen molar-refractivity contribution >= 4 is 0 Å². The minimum atomic E-state index is -0.206. The van der Waals surface area contributed by atoms with Crippen LogP contribution >= 0.6 is 0 Å². The fourth-order valence-corrected chi connectivity index (χ4v) is 2.43. The summed E-state index contributed by atoms with van der Waals surface area (Å²) in [5.74, 6) is 0.806. The molecule has 0 aromatic heterocycles. The molecule has 3 aliphatic carbocycles. The van der Waals surface area contributed by atoms with Crippen LogP contribution in [-0.4, -0.2) is 22.4 Å². The molecule has 0 unspecified atom stereocenters. The quantitative estimate of drug-likeness (QED) is 0.518. The molecule has 0 heterocycles. The number of fused-ring (bicyclic) bond motifs is 3. The van der Waals surface area contributed by atoms with Gasteiger partial charge in [-0.3, -0.25) is 0 Å². The molecule has 3 saturated carbocycles. The van der Waals surface area contributed by atoms with E-state index in [1.807, 2.05) is 0 Å². The Hall–Kier alpha value is -0.0800. The molecule has 3 rings (SSSR count). The van der Waals surface area contributed by atoms with Gasteiger partial charge < -0.3 is 10.2 Å². The Morgan fingerprint density at radius 3 is 1.80 bits per heavy atom. The van der Waals surface area contributed by atoms with E-state index in [-0.39, 0.29) is 18.1 Å². The predicted molar refractivity (Wildman–Crippen MR) is 37.5 cm³/mol. The topological polar surface area (TPSA) is 40.5 Å². The standard InChI is InChI=1S/C8H14O2/c9-7-3-5-1-2-6(7)8(10)4-5/h5-10H,1-4H2/t5?,6?,7-,8-/m0/s1. The Kier molecular flexibility index (Phi) is 1.46. The first-order valence-electron chi connectivity index (χ1n) is 4.13. The van der Waals surface area contributed by atoms with E-state index in [2.05, 4.69) is 0 Å². The van der Waals surface area contributed by atoms with Crippen molar-refractivity contribution in [2.75, 3.05) is 0 Å². The Morgan fingerprint density at radius 1 is 0.900 bits per heavy atom. The van der Waals surface area contributed by atoms with Crippen LogP contribution in [0.1, 0.15) is 25.7 Å². The van der Waals surface area contributed by atoms with E-state index < -0.39 is 0 Å². The van der Waals surface area contributed by atoms with Crippen LogP contribution in [0.25, 0.3) is 0 Å². The average Bonchev–Trinajstić information content (AvgIpc) is 1.86. The molecular formula is C8H14O2. The molecule has 0 radical (unpaired) electrons. The van der Waals surface area contributed by atoms with Gasteiger partial charge in [0.25, 0.3) is 0 Å². The Labute approximate surface area is 60.9 Å². The fraction of sp³-hybridized carbons (Fsp3) is 1.00. The summed E-state index contributed by atoms with van der Waals surface area (Å²) < 4.78 is 0. The van der Waals surface area contributed by atoms with Crippen LogP contribution in [0.4, 0.5) is 0 Å². The second kappa shape index (κ2) is 2.21. The lowest BCUT2D eigenvalue weighted by atomic mass is 9.67. The molecule has 2 bridgehead atoms. The van der Waals surface area contributed by atoms with Crippen LogP contribution in [0.2, 0.25) is 0 Å². The van der Waals surface area contributed by atoms with Crippen molar-refractivity contribution in [2.24, 2.45) is 11.8 Å². The van der Waals surface area contributed by atoms with E-state index >= 15 is 0 Å². The lowest BCUT2D eigenvalue weighted by Crippen LogP contribution is -2.44. The van der Waals surface area contributed by atoms with Crippen LogP contribution in [-0.2, 0) is 0 Å². The second-order valence-electron chi connectivity index (χ2n) is 3.71. The van der Waals surface area contributed by atoms with Crippen molar-refractivity contribution in [3.05, 3.63) is 0 Å². The molecule has 0 aliphatic heterocycles. The van der Waals surface area contributed by atoms with Gasteiger partial charge in [0.2, 0.25) is 0 Å². The van der Waals surface area contributed by atoms with Crippen LogP contribution < -0.4 is 0 Å². The maximum Gasteiger partial charge on any atom is 0.0595 e. The van der Waals surface area contributed by atoms with E-state index in [1.54, 1.807) is 0 Å². The number of hydrogen-bond donors (Lipinski definition) is 2. The van der Waals surface area contributed by atoms with Crippen molar-refractivity contribution in [2.45, 2.75) is 37.9 Å². The highest BCUT2D eigenvalue weighted by Gasteiger charge is 2.40. The molecule has 3 aliphatic rings. The summed E-state index contributed by atoms with van der Waals surface area (Å²) in [6, 6.07) is 0. The summed E-state index contributed by atoms with van der Waals surface area (Å²) in [5.41, 5.74) is 0. The fourth-order valence-electron chi connectivity index (χ4n) is 2.43. The van der Waals surface area contributed by atoms with E-state index in [0.29, 0.717) is 5.92 Å². The van der Waals surface area contributed by atoms with Crippen molar-refractivity contribution in [1.29, 1.82) is 0 Å². The zero-order chi connectivity index (χ0) is 7.14. The third kappa shape index (κ3) is 0.867. The maximum atomic E-state index is 9.41. The van der Waals surface area contributed by atoms with Gasteiger partial charge in [0.15, 0.2) is 0 Å². The first-order chi connectivity index (χ1) is 4.77. The Balaban J connectivity index is 2.11. The summed E-state index contributed by atoms with van der Waals surface area (Å²) in [6.45, 7) is 0. The summed E-state index contributed by atoms with van der Waals surface area (Å²) in [6.07, 6.45) is 3.71. The molecule has 0 aromatic carbocycles. The number of hydrogen-bond acceptors (Lipinski definition) is 2. The van der Waals surface area contributed by atoms with Gasteiger partial charge in [-0.2, -0.15) is 0 Å². The Bertz CT molecular complexity index is 123. The van der Waals surface area contributed by atoms with Gasteiger partial charge in [0.05, 0.1) is 12.2 Å². The molecule has 2 N–H and O–H groups in total. The van der Waals surface area contributed by atoms with Gasteiger partial charge in [-0.15, -0.1) is 0 Å². The molecule has 2 nitrogen and oxygen atoms in total. The highest BCUT2D eigenvalue weighted by molar-refractivity contribution is 4.91. The van der Waals surface area contributed by atoms with E-state index in [0.717, 1.165) is 19.3 Å². The van der Waals surface area contributed by atoms with Gasteiger partial charge in [-0.1, -0.05) is 0 Å². The second-order valence-corrected chi connectivity index (χ2v) is 3.71. The van der Waals surface area contributed by atoms with Crippen molar-refractivity contribution in [3.8, 4) is 0 Å². The molecule has 0 aromatic rings. The Morgan fingerprint density at radius 2 is 1.50 bits per heavy atom. The van der Waals surface area contributed by atoms with Crippen molar-refractivity contribution < 1.29 is 10.2 Å². The number of rotatable bonds is 0. The molecule has 0 amide bonds. The third-order valence-electron chi connectivity index (χ3n) is 3.05. The first-order valence-corrected chi connectivity index (χ1v) is 4.13. The van der Waals surface area contributed by atoms with Gasteiger partial charge in [-0.25, -0.2) is 0 Å². The SMILES string of the molecule is O[C@H]1CC2CCC1[C@@H](O)C2. The first kappa shape index (κ1) is 6.62. The van der Waals surface area contributed by atoms with Gasteiger partial charge >= 0.3 is 0 Å². The number of aliphatic hydroxyl groups is 2. The predicted octanol–water partition coefficient (Wildman–Crippen LogP) is 0.528. The third-order valence-corrected chi connectivity index (χ3v) is 3.05.